The molecular formula is C15H17ClN4O. The van der Waals surface area contributed by atoms with E-state index in [0.717, 1.165) is 5.69 Å². The fourth-order valence-electron chi connectivity index (χ4n) is 1.89. The van der Waals surface area contributed by atoms with Gasteiger partial charge in [-0.3, -0.25) is 9.78 Å². The summed E-state index contributed by atoms with van der Waals surface area (Å²) >= 11 is 5.94. The lowest BCUT2D eigenvalue weighted by molar-refractivity contribution is 0.0939. The molecule has 1 amide bonds. The maximum atomic E-state index is 12.3. The number of hydrogen-bond donors (Lipinski definition) is 2. The molecule has 2 rings (SSSR count). The number of amides is 1. The van der Waals surface area contributed by atoms with E-state index in [1.165, 1.54) is 0 Å². The summed E-state index contributed by atoms with van der Waals surface area (Å²) in [7, 11) is 0. The fourth-order valence-corrected chi connectivity index (χ4v) is 2.09. The second-order valence-corrected chi connectivity index (χ2v) is 4.93. The molecule has 5 nitrogen and oxygen atoms in total. The summed E-state index contributed by atoms with van der Waals surface area (Å²) in [6, 6.07) is 8.63. The van der Waals surface area contributed by atoms with Gasteiger partial charge in [0, 0.05) is 18.3 Å². The van der Waals surface area contributed by atoms with Crippen molar-refractivity contribution in [1.82, 2.24) is 15.3 Å². The number of aromatic nitrogens is 2. The first-order valence-electron chi connectivity index (χ1n) is 6.73. The van der Waals surface area contributed by atoms with E-state index in [1.54, 1.807) is 18.3 Å². The van der Waals surface area contributed by atoms with Crippen LogP contribution < -0.4 is 10.6 Å². The number of pyridine rings is 2. The standard InChI is InChI=1S/C15H17ClN4O/c1-3-17-14-9-11(8-13(16)20-14)15(21)19-10(2)12-6-4-5-7-18-12/h4-10H,3H2,1-2H3,(H,17,20)(H,19,21). The molecule has 0 aromatic carbocycles. The van der Waals surface area contributed by atoms with Crippen LogP contribution in [-0.4, -0.2) is 22.4 Å². The normalized spacial score (nSPS) is 11.8. The highest BCUT2D eigenvalue weighted by molar-refractivity contribution is 6.29. The molecular weight excluding hydrogens is 288 g/mol. The second kappa shape index (κ2) is 7.04. The number of carbonyl (C=O) groups excluding carboxylic acids is 1. The van der Waals surface area contributed by atoms with E-state index >= 15 is 0 Å². The van der Waals surface area contributed by atoms with E-state index in [1.807, 2.05) is 32.0 Å². The maximum absolute atomic E-state index is 12.3. The van der Waals surface area contributed by atoms with Crippen LogP contribution >= 0.6 is 11.6 Å². The third kappa shape index (κ3) is 4.16. The Balaban J connectivity index is 2.13. The highest BCUT2D eigenvalue weighted by Gasteiger charge is 2.14. The van der Waals surface area contributed by atoms with Gasteiger partial charge in [-0.15, -0.1) is 0 Å². The quantitative estimate of drug-likeness (QED) is 0.833. The smallest absolute Gasteiger partial charge is 0.252 e. The van der Waals surface area contributed by atoms with Gasteiger partial charge in [0.15, 0.2) is 0 Å². The summed E-state index contributed by atoms with van der Waals surface area (Å²) in [5.74, 6) is 0.372. The number of rotatable bonds is 5. The van der Waals surface area contributed by atoms with Crippen molar-refractivity contribution in [3.8, 4) is 0 Å². The third-order valence-corrected chi connectivity index (χ3v) is 3.09. The Kier molecular flexibility index (Phi) is 5.11. The minimum atomic E-state index is -0.211. The van der Waals surface area contributed by atoms with E-state index in [0.29, 0.717) is 17.9 Å². The summed E-state index contributed by atoms with van der Waals surface area (Å²) in [4.78, 5) is 20.6. The average Bonchev–Trinajstić information content (AvgIpc) is 2.48. The first-order chi connectivity index (χ1) is 10.1. The number of halogens is 1. The van der Waals surface area contributed by atoms with Crippen molar-refractivity contribution in [2.75, 3.05) is 11.9 Å². The first-order valence-corrected chi connectivity index (χ1v) is 7.11. The van der Waals surface area contributed by atoms with Crippen LogP contribution in [0.15, 0.2) is 36.5 Å². The van der Waals surface area contributed by atoms with Gasteiger partial charge in [0.2, 0.25) is 0 Å². The Bertz CT molecular complexity index is 618. The molecule has 110 valence electrons. The predicted molar refractivity (Wildman–Crippen MR) is 83.5 cm³/mol. The van der Waals surface area contributed by atoms with Crippen molar-refractivity contribution in [1.29, 1.82) is 0 Å². The number of nitrogens with zero attached hydrogens (tertiary/aromatic N) is 2. The Morgan fingerprint density at radius 2 is 2.19 bits per heavy atom. The van der Waals surface area contributed by atoms with Crippen LogP contribution in [0.3, 0.4) is 0 Å². The topological polar surface area (TPSA) is 66.9 Å². The van der Waals surface area contributed by atoms with Gasteiger partial charge in [-0.25, -0.2) is 4.98 Å². The zero-order valence-corrected chi connectivity index (χ0v) is 12.7. The molecule has 2 aromatic heterocycles. The van der Waals surface area contributed by atoms with Crippen molar-refractivity contribution in [2.24, 2.45) is 0 Å². The SMILES string of the molecule is CCNc1cc(C(=O)NC(C)c2ccccn2)cc(Cl)n1. The van der Waals surface area contributed by atoms with Crippen LogP contribution in [0.25, 0.3) is 0 Å². The molecule has 0 aliphatic heterocycles. The van der Waals surface area contributed by atoms with E-state index in [-0.39, 0.29) is 17.1 Å². The predicted octanol–water partition coefficient (Wildman–Crippen LogP) is 3.05. The van der Waals surface area contributed by atoms with E-state index in [4.69, 9.17) is 11.6 Å². The molecule has 0 radical (unpaired) electrons. The van der Waals surface area contributed by atoms with Crippen LogP contribution in [0, 0.1) is 0 Å². The lowest BCUT2D eigenvalue weighted by Gasteiger charge is -2.14. The molecule has 0 saturated carbocycles. The third-order valence-electron chi connectivity index (χ3n) is 2.89. The van der Waals surface area contributed by atoms with Gasteiger partial charge in [0.05, 0.1) is 11.7 Å². The molecule has 0 aliphatic rings. The van der Waals surface area contributed by atoms with Crippen molar-refractivity contribution in [3.63, 3.8) is 0 Å². The highest BCUT2D eigenvalue weighted by atomic mass is 35.5. The number of nitrogens with one attached hydrogen (secondary N) is 2. The van der Waals surface area contributed by atoms with Crippen LogP contribution in [-0.2, 0) is 0 Å². The number of hydrogen-bond acceptors (Lipinski definition) is 4. The minimum Gasteiger partial charge on any atom is -0.370 e. The van der Waals surface area contributed by atoms with Crippen LogP contribution in [0.1, 0.15) is 35.9 Å². The van der Waals surface area contributed by atoms with Crippen LogP contribution in [0.5, 0.6) is 0 Å². The number of anilines is 1. The van der Waals surface area contributed by atoms with Crippen molar-refractivity contribution < 1.29 is 4.79 Å². The fraction of sp³-hybridized carbons (Fsp3) is 0.267. The molecule has 0 aliphatic carbocycles. The molecule has 1 atom stereocenters. The Labute approximate surface area is 128 Å². The van der Waals surface area contributed by atoms with Gasteiger partial charge in [-0.2, -0.15) is 0 Å². The molecule has 1 unspecified atom stereocenters. The summed E-state index contributed by atoms with van der Waals surface area (Å²) < 4.78 is 0. The molecule has 0 saturated heterocycles. The molecule has 0 bridgehead atoms. The summed E-state index contributed by atoms with van der Waals surface area (Å²) in [5, 5.41) is 6.22. The first kappa shape index (κ1) is 15.3. The largest absolute Gasteiger partial charge is 0.370 e. The lowest BCUT2D eigenvalue weighted by Crippen LogP contribution is -2.27. The zero-order chi connectivity index (χ0) is 15.2. The van der Waals surface area contributed by atoms with Crippen molar-refractivity contribution in [3.05, 3.63) is 52.9 Å². The monoisotopic (exact) mass is 304 g/mol. The molecule has 2 aromatic rings. The van der Waals surface area contributed by atoms with Gasteiger partial charge in [-0.05, 0) is 38.1 Å². The van der Waals surface area contributed by atoms with Crippen LogP contribution in [0.2, 0.25) is 5.15 Å². The van der Waals surface area contributed by atoms with Crippen molar-refractivity contribution in [2.45, 2.75) is 19.9 Å². The van der Waals surface area contributed by atoms with Gasteiger partial charge in [-0.1, -0.05) is 17.7 Å². The van der Waals surface area contributed by atoms with E-state index < -0.39 is 0 Å². The lowest BCUT2D eigenvalue weighted by atomic mass is 10.2. The molecule has 2 N–H and O–H groups in total. The Morgan fingerprint density at radius 1 is 1.38 bits per heavy atom. The van der Waals surface area contributed by atoms with Gasteiger partial charge >= 0.3 is 0 Å². The van der Waals surface area contributed by atoms with Gasteiger partial charge in [0.25, 0.3) is 5.91 Å². The van der Waals surface area contributed by atoms with E-state index in [9.17, 15) is 4.79 Å². The van der Waals surface area contributed by atoms with Crippen molar-refractivity contribution >= 4 is 23.3 Å². The Hall–Kier alpha value is -2.14. The summed E-state index contributed by atoms with van der Waals surface area (Å²) in [6.45, 7) is 4.54. The highest BCUT2D eigenvalue weighted by Crippen LogP contribution is 2.16. The average molecular weight is 305 g/mol. The van der Waals surface area contributed by atoms with Gasteiger partial charge in [0.1, 0.15) is 11.0 Å². The van der Waals surface area contributed by atoms with E-state index in [2.05, 4.69) is 20.6 Å². The van der Waals surface area contributed by atoms with Gasteiger partial charge < -0.3 is 10.6 Å². The maximum Gasteiger partial charge on any atom is 0.252 e. The zero-order valence-electron chi connectivity index (χ0n) is 11.9. The van der Waals surface area contributed by atoms with Crippen LogP contribution in [0.4, 0.5) is 5.82 Å². The molecule has 6 heteroatoms. The minimum absolute atomic E-state index is 0.187. The Morgan fingerprint density at radius 3 is 2.86 bits per heavy atom. The molecule has 2 heterocycles. The second-order valence-electron chi connectivity index (χ2n) is 4.54. The molecule has 0 fully saturated rings. The summed E-state index contributed by atoms with van der Waals surface area (Å²) in [5.41, 5.74) is 1.27. The molecule has 0 spiro atoms. The molecule has 21 heavy (non-hydrogen) atoms. The summed E-state index contributed by atoms with van der Waals surface area (Å²) in [6.07, 6.45) is 1.70. The number of carbonyl (C=O) groups is 1.